The minimum Gasteiger partial charge on any atom is -0.308 e. The van der Waals surface area contributed by atoms with Crippen LogP contribution in [0.4, 0.5) is 0 Å². The van der Waals surface area contributed by atoms with Crippen molar-refractivity contribution in [2.45, 2.75) is 0 Å². The Kier molecular flexibility index (Phi) is 7.13. The van der Waals surface area contributed by atoms with E-state index in [0.29, 0.717) is 0 Å². The highest BCUT2D eigenvalue weighted by molar-refractivity contribution is 6.27. The van der Waals surface area contributed by atoms with Gasteiger partial charge in [-0.15, -0.1) is 0 Å². The summed E-state index contributed by atoms with van der Waals surface area (Å²) in [5, 5.41) is 5.86. The Balaban J connectivity index is 1.16. The first-order chi connectivity index (χ1) is 28.8. The lowest BCUT2D eigenvalue weighted by Gasteiger charge is -2.16. The fourth-order valence-corrected chi connectivity index (χ4v) is 8.79. The molecule has 0 bridgehead atoms. The van der Waals surface area contributed by atoms with Gasteiger partial charge in [0.05, 0.1) is 44.7 Å². The molecular formula is C52H32N6. The molecule has 0 N–H and O–H groups in total. The van der Waals surface area contributed by atoms with E-state index in [9.17, 15) is 0 Å². The Morgan fingerprint density at radius 2 is 0.948 bits per heavy atom. The highest BCUT2D eigenvalue weighted by atomic mass is 15.0. The predicted octanol–water partition coefficient (Wildman–Crippen LogP) is 12.7. The number of aromatic nitrogens is 6. The van der Waals surface area contributed by atoms with Gasteiger partial charge in [0.15, 0.2) is 0 Å². The first kappa shape index (κ1) is 32.3. The molecule has 0 aliphatic rings. The van der Waals surface area contributed by atoms with Crippen molar-refractivity contribution in [2.24, 2.45) is 0 Å². The molecule has 0 radical (unpaired) electrons. The van der Waals surface area contributed by atoms with Gasteiger partial charge in [0.1, 0.15) is 5.65 Å². The molecule has 58 heavy (non-hydrogen) atoms. The number of benzene rings is 6. The van der Waals surface area contributed by atoms with Gasteiger partial charge in [-0.3, -0.25) is 14.4 Å². The average molecular weight is 741 g/mol. The third-order valence-electron chi connectivity index (χ3n) is 11.5. The number of fused-ring (bicyclic) bond motifs is 12. The van der Waals surface area contributed by atoms with E-state index in [1.807, 2.05) is 24.5 Å². The molecule has 6 heterocycles. The van der Waals surface area contributed by atoms with Gasteiger partial charge in [-0.05, 0) is 76.2 Å². The van der Waals surface area contributed by atoms with Crippen molar-refractivity contribution in [1.82, 2.24) is 28.9 Å². The summed E-state index contributed by atoms with van der Waals surface area (Å²) in [6.07, 6.45) is 7.41. The zero-order chi connectivity index (χ0) is 38.2. The minimum atomic E-state index is 0.889. The quantitative estimate of drug-likeness (QED) is 0.165. The topological polar surface area (TPSA) is 60.9 Å². The third-order valence-corrected chi connectivity index (χ3v) is 11.5. The number of rotatable bonds is 5. The molecule has 0 spiro atoms. The van der Waals surface area contributed by atoms with Gasteiger partial charge >= 0.3 is 0 Å². The fraction of sp³-hybridized carbons (Fsp3) is 0. The molecular weight excluding hydrogens is 709 g/mol. The standard InChI is InChI=1S/C52H32N6/c1-2-13-43-41(12-1)50-49(58-48-16-6-4-14-44(48)56-52(43)58)26-25-42-40-11-3-5-15-47(40)57(51(42)50)39-29-45(35-21-17-33(18-22-35)37-9-7-27-53-31-37)55-46(30-39)36-23-19-34(20-24-36)38-10-8-28-54-32-38/h1-32H. The van der Waals surface area contributed by atoms with Crippen molar-refractivity contribution in [3.05, 3.63) is 195 Å². The van der Waals surface area contributed by atoms with Crippen LogP contribution < -0.4 is 0 Å². The molecule has 6 aromatic heterocycles. The molecule has 6 heteroatoms. The second kappa shape index (κ2) is 12.8. The van der Waals surface area contributed by atoms with E-state index >= 15 is 0 Å². The lowest BCUT2D eigenvalue weighted by atomic mass is 10.0. The molecule has 0 saturated heterocycles. The second-order valence-electron chi connectivity index (χ2n) is 14.7. The Labute approximate surface area is 333 Å². The number of para-hydroxylation sites is 3. The van der Waals surface area contributed by atoms with Gasteiger partial charge in [-0.2, -0.15) is 0 Å². The van der Waals surface area contributed by atoms with Gasteiger partial charge < -0.3 is 4.57 Å². The van der Waals surface area contributed by atoms with Gasteiger partial charge in [-0.25, -0.2) is 9.97 Å². The maximum Gasteiger partial charge on any atom is 0.146 e. The van der Waals surface area contributed by atoms with Crippen LogP contribution in [-0.2, 0) is 0 Å². The highest BCUT2D eigenvalue weighted by Gasteiger charge is 2.21. The van der Waals surface area contributed by atoms with Gasteiger partial charge in [-0.1, -0.05) is 121 Å². The van der Waals surface area contributed by atoms with Crippen molar-refractivity contribution in [1.29, 1.82) is 0 Å². The molecule has 0 unspecified atom stereocenters. The number of nitrogens with zero attached hydrogens (tertiary/aromatic N) is 6. The third kappa shape index (κ3) is 4.98. The summed E-state index contributed by atoms with van der Waals surface area (Å²) in [6.45, 7) is 0. The van der Waals surface area contributed by atoms with Crippen molar-refractivity contribution in [2.75, 3.05) is 0 Å². The van der Waals surface area contributed by atoms with E-state index in [0.717, 1.165) is 89.1 Å². The highest BCUT2D eigenvalue weighted by Crippen LogP contribution is 2.42. The summed E-state index contributed by atoms with van der Waals surface area (Å²) in [4.78, 5) is 19.3. The van der Waals surface area contributed by atoms with E-state index in [2.05, 4.69) is 177 Å². The number of hydrogen-bond acceptors (Lipinski definition) is 4. The molecule has 270 valence electrons. The summed E-state index contributed by atoms with van der Waals surface area (Å²) < 4.78 is 4.79. The molecule has 12 aromatic rings. The van der Waals surface area contributed by atoms with E-state index in [4.69, 9.17) is 9.97 Å². The van der Waals surface area contributed by atoms with Crippen LogP contribution >= 0.6 is 0 Å². The molecule has 6 aromatic carbocycles. The van der Waals surface area contributed by atoms with E-state index < -0.39 is 0 Å². The Hall–Kier alpha value is -7.96. The molecule has 6 nitrogen and oxygen atoms in total. The Morgan fingerprint density at radius 1 is 0.379 bits per heavy atom. The monoisotopic (exact) mass is 740 g/mol. The zero-order valence-corrected chi connectivity index (χ0v) is 31.2. The van der Waals surface area contributed by atoms with Crippen LogP contribution in [0, 0.1) is 0 Å². The SMILES string of the molecule is c1cncc(-c2ccc(-c3cc(-n4c5ccccc5c5ccc6c(c7ccccc7c7nc8ccccc8n67)c54)cc(-c4ccc(-c5cccnc5)cc4)n3)cc2)c1. The van der Waals surface area contributed by atoms with Crippen LogP contribution in [0.25, 0.3) is 111 Å². The Bertz CT molecular complexity index is 3430. The van der Waals surface area contributed by atoms with Crippen LogP contribution in [0.2, 0.25) is 0 Å². The van der Waals surface area contributed by atoms with Crippen LogP contribution in [-0.4, -0.2) is 28.9 Å². The van der Waals surface area contributed by atoms with Gasteiger partial charge in [0, 0.05) is 57.5 Å². The van der Waals surface area contributed by atoms with Crippen LogP contribution in [0.15, 0.2) is 195 Å². The molecule has 0 fully saturated rings. The average Bonchev–Trinajstić information content (AvgIpc) is 3.86. The first-order valence-electron chi connectivity index (χ1n) is 19.4. The molecule has 12 rings (SSSR count). The lowest BCUT2D eigenvalue weighted by Crippen LogP contribution is -2.00. The normalized spacial score (nSPS) is 11.8. The van der Waals surface area contributed by atoms with Crippen molar-refractivity contribution < 1.29 is 0 Å². The second-order valence-corrected chi connectivity index (χ2v) is 14.7. The zero-order valence-electron chi connectivity index (χ0n) is 31.2. The minimum absolute atomic E-state index is 0.889. The van der Waals surface area contributed by atoms with Crippen LogP contribution in [0.5, 0.6) is 0 Å². The summed E-state index contributed by atoms with van der Waals surface area (Å²) in [6, 6.07) is 60.3. The lowest BCUT2D eigenvalue weighted by molar-refractivity contribution is 1.16. The molecule has 0 saturated carbocycles. The maximum absolute atomic E-state index is 5.38. The number of pyridine rings is 4. The largest absolute Gasteiger partial charge is 0.308 e. The van der Waals surface area contributed by atoms with Gasteiger partial charge in [0.2, 0.25) is 0 Å². The molecule has 0 atom stereocenters. The summed E-state index contributed by atoms with van der Waals surface area (Å²) in [7, 11) is 0. The number of hydrogen-bond donors (Lipinski definition) is 0. The summed E-state index contributed by atoms with van der Waals surface area (Å²) >= 11 is 0. The first-order valence-corrected chi connectivity index (χ1v) is 19.4. The van der Waals surface area contributed by atoms with E-state index in [-0.39, 0.29) is 0 Å². The van der Waals surface area contributed by atoms with E-state index in [1.165, 1.54) is 21.5 Å². The van der Waals surface area contributed by atoms with Gasteiger partial charge in [0.25, 0.3) is 0 Å². The van der Waals surface area contributed by atoms with Crippen LogP contribution in [0.3, 0.4) is 0 Å². The fourth-order valence-electron chi connectivity index (χ4n) is 8.79. The smallest absolute Gasteiger partial charge is 0.146 e. The molecule has 0 aliphatic carbocycles. The summed E-state index contributed by atoms with van der Waals surface area (Å²) in [5.41, 5.74) is 15.7. The molecule has 0 amide bonds. The van der Waals surface area contributed by atoms with Crippen molar-refractivity contribution in [3.8, 4) is 50.5 Å². The van der Waals surface area contributed by atoms with Crippen molar-refractivity contribution >= 4 is 60.2 Å². The Morgan fingerprint density at radius 3 is 1.59 bits per heavy atom. The van der Waals surface area contributed by atoms with Crippen molar-refractivity contribution in [3.63, 3.8) is 0 Å². The summed E-state index contributed by atoms with van der Waals surface area (Å²) in [5.74, 6) is 0. The predicted molar refractivity (Wildman–Crippen MR) is 237 cm³/mol. The van der Waals surface area contributed by atoms with Crippen LogP contribution in [0.1, 0.15) is 0 Å². The van der Waals surface area contributed by atoms with E-state index in [1.54, 1.807) is 12.4 Å². The number of imidazole rings is 1. The maximum atomic E-state index is 5.38. The molecule has 0 aliphatic heterocycles.